The Balaban J connectivity index is 0. The summed E-state index contributed by atoms with van der Waals surface area (Å²) in [5.41, 5.74) is 0. The van der Waals surface area contributed by atoms with Crippen LogP contribution in [0, 0.1) is 0 Å². The summed E-state index contributed by atoms with van der Waals surface area (Å²) >= 11 is 0. The number of carbonyl (C=O) groups is 1. The fourth-order valence-electron chi connectivity index (χ4n) is 0.111. The van der Waals surface area contributed by atoms with Crippen molar-refractivity contribution in [2.24, 2.45) is 0 Å². The summed E-state index contributed by atoms with van der Waals surface area (Å²) in [7, 11) is -5.83. The topological polar surface area (TPSA) is 77.8 Å². The first-order valence-electron chi connectivity index (χ1n) is 2.78. The van der Waals surface area contributed by atoms with E-state index in [-0.39, 0.29) is 0 Å². The van der Waals surface area contributed by atoms with Gasteiger partial charge < -0.3 is 5.11 Å². The molecule has 0 aliphatic rings. The summed E-state index contributed by atoms with van der Waals surface area (Å²) in [4.78, 5) is 9.38. The fourth-order valence-corrected chi connectivity index (χ4v) is 0.333. The molecule has 0 radical (unpaired) electrons. The van der Waals surface area contributed by atoms with Gasteiger partial charge in [0, 0.05) is 11.0 Å². The van der Waals surface area contributed by atoms with E-state index >= 15 is 0 Å². The number of hydrogen-bond donors (Lipinski definition) is 3. The Bertz CT molecular complexity index is 155. The van der Waals surface area contributed by atoms with Crippen molar-refractivity contribution in [2.75, 3.05) is 0 Å². The molecule has 0 amide bonds. The van der Waals surface area contributed by atoms with E-state index < -0.39 is 22.2 Å². The maximum atomic E-state index is 11.6. The van der Waals surface area contributed by atoms with Crippen LogP contribution in [-0.4, -0.2) is 25.4 Å². The SMILES string of the molecule is CC.O=C(O)C(F)(F)S(O)(O)F. The van der Waals surface area contributed by atoms with E-state index in [1.54, 1.807) is 0 Å². The Morgan fingerprint density at radius 3 is 1.58 bits per heavy atom. The van der Waals surface area contributed by atoms with Gasteiger partial charge in [0.15, 0.2) is 0 Å². The predicted molar refractivity (Wildman–Crippen MR) is 37.9 cm³/mol. The van der Waals surface area contributed by atoms with Gasteiger partial charge in [0.25, 0.3) is 0 Å². The largest absolute Gasteiger partial charge is 0.475 e. The van der Waals surface area contributed by atoms with Crippen molar-refractivity contribution in [3.63, 3.8) is 0 Å². The van der Waals surface area contributed by atoms with E-state index in [2.05, 4.69) is 0 Å². The molecule has 0 aromatic rings. The first-order chi connectivity index (χ1) is 5.19. The van der Waals surface area contributed by atoms with Gasteiger partial charge >= 0.3 is 11.2 Å². The van der Waals surface area contributed by atoms with Gasteiger partial charge in [0.1, 0.15) is 0 Å². The second-order valence-corrected chi connectivity index (χ2v) is 2.77. The third-order valence-electron chi connectivity index (χ3n) is 0.575. The molecule has 0 atom stereocenters. The van der Waals surface area contributed by atoms with E-state index in [0.29, 0.717) is 0 Å². The molecule has 0 fully saturated rings. The molecule has 0 spiro atoms. The van der Waals surface area contributed by atoms with Crippen LogP contribution in [0.5, 0.6) is 0 Å². The maximum Gasteiger partial charge on any atom is 0.461 e. The van der Waals surface area contributed by atoms with E-state index in [9.17, 15) is 17.5 Å². The molecule has 0 aromatic heterocycles. The van der Waals surface area contributed by atoms with Gasteiger partial charge in [-0.25, -0.2) is 4.79 Å². The molecule has 0 bridgehead atoms. The van der Waals surface area contributed by atoms with Crippen molar-refractivity contribution in [2.45, 2.75) is 19.1 Å². The Labute approximate surface area is 68.7 Å². The lowest BCUT2D eigenvalue weighted by Crippen LogP contribution is -2.32. The lowest BCUT2D eigenvalue weighted by Gasteiger charge is -2.26. The first kappa shape index (κ1) is 14.1. The van der Waals surface area contributed by atoms with Crippen LogP contribution in [0.2, 0.25) is 0 Å². The summed E-state index contributed by atoms with van der Waals surface area (Å²) < 4.78 is 49.8. The second kappa shape index (κ2) is 4.53. The molecule has 8 heteroatoms. The smallest absolute Gasteiger partial charge is 0.461 e. The Morgan fingerprint density at radius 2 is 1.58 bits per heavy atom. The number of carboxylic acids is 1. The van der Waals surface area contributed by atoms with Gasteiger partial charge in [-0.15, -0.1) is 0 Å². The molecule has 0 aliphatic carbocycles. The lowest BCUT2D eigenvalue weighted by molar-refractivity contribution is -0.154. The zero-order chi connectivity index (χ0) is 10.6. The number of carboxylic acid groups (broad SMARTS) is 1. The Hall–Kier alpha value is -0.470. The van der Waals surface area contributed by atoms with Crippen molar-refractivity contribution >= 4 is 16.9 Å². The third-order valence-corrected chi connectivity index (χ3v) is 1.40. The highest BCUT2D eigenvalue weighted by molar-refractivity contribution is 8.21. The second-order valence-electron chi connectivity index (χ2n) is 1.30. The molecular weight excluding hydrogens is 201 g/mol. The third kappa shape index (κ3) is 3.28. The molecule has 0 aromatic carbocycles. The molecule has 12 heavy (non-hydrogen) atoms. The van der Waals surface area contributed by atoms with Crippen LogP contribution >= 0.6 is 11.0 Å². The lowest BCUT2D eigenvalue weighted by atomic mass is 10.7. The van der Waals surface area contributed by atoms with Gasteiger partial charge in [-0.05, 0) is 0 Å². The van der Waals surface area contributed by atoms with Crippen LogP contribution in [-0.2, 0) is 4.79 Å². The maximum absolute atomic E-state index is 11.6. The number of aliphatic carboxylic acids is 1. The average Bonchev–Trinajstić information content (AvgIpc) is 1.89. The molecule has 0 heterocycles. The predicted octanol–water partition coefficient (Wildman–Crippen LogP) is 2.33. The van der Waals surface area contributed by atoms with Crippen LogP contribution in [0.4, 0.5) is 12.7 Å². The standard InChI is InChI=1S/C2H3F3O4S.C2H6/c3-2(4,1(6)7)10(5,8)9;1-2/h8-9H,(H,6,7);1-2H3. The summed E-state index contributed by atoms with van der Waals surface area (Å²) in [6, 6.07) is 0. The van der Waals surface area contributed by atoms with Gasteiger partial charge in [0.05, 0.1) is 0 Å². The van der Waals surface area contributed by atoms with Gasteiger partial charge in [0.2, 0.25) is 0 Å². The average molecular weight is 210 g/mol. The molecule has 4 nitrogen and oxygen atoms in total. The highest BCUT2D eigenvalue weighted by Gasteiger charge is 2.54. The minimum absolute atomic E-state index is 2.00. The Kier molecular flexibility index (Phi) is 5.31. The molecule has 3 N–H and O–H groups in total. The van der Waals surface area contributed by atoms with Crippen molar-refractivity contribution < 1.29 is 31.7 Å². The van der Waals surface area contributed by atoms with Crippen molar-refractivity contribution in [3.8, 4) is 0 Å². The van der Waals surface area contributed by atoms with Crippen molar-refractivity contribution in [1.29, 1.82) is 0 Å². The highest BCUT2D eigenvalue weighted by atomic mass is 32.3. The van der Waals surface area contributed by atoms with E-state index in [1.165, 1.54) is 0 Å². The van der Waals surface area contributed by atoms with Crippen molar-refractivity contribution in [1.82, 2.24) is 0 Å². The zero-order valence-corrected chi connectivity index (χ0v) is 7.11. The summed E-state index contributed by atoms with van der Waals surface area (Å²) in [5.74, 6) is -2.91. The minimum atomic E-state index is -5.83. The Morgan fingerprint density at radius 1 is 1.33 bits per heavy atom. The van der Waals surface area contributed by atoms with Crippen molar-refractivity contribution in [3.05, 3.63) is 0 Å². The minimum Gasteiger partial charge on any atom is -0.475 e. The fraction of sp³-hybridized carbons (Fsp3) is 0.750. The molecule has 0 saturated carbocycles. The number of alkyl halides is 2. The van der Waals surface area contributed by atoms with Gasteiger partial charge in [-0.1, -0.05) is 17.7 Å². The normalized spacial score (nSPS) is 12.9. The summed E-state index contributed by atoms with van der Waals surface area (Å²) in [5, 5.41) is 2.37. The summed E-state index contributed by atoms with van der Waals surface area (Å²) in [6.45, 7) is 4.00. The van der Waals surface area contributed by atoms with Crippen LogP contribution in [0.15, 0.2) is 0 Å². The van der Waals surface area contributed by atoms with E-state index in [0.717, 1.165) is 0 Å². The van der Waals surface area contributed by atoms with Crippen LogP contribution in [0.1, 0.15) is 13.8 Å². The molecule has 76 valence electrons. The van der Waals surface area contributed by atoms with Crippen LogP contribution in [0.25, 0.3) is 0 Å². The van der Waals surface area contributed by atoms with Gasteiger partial charge in [-0.3, -0.25) is 9.11 Å². The highest BCUT2D eigenvalue weighted by Crippen LogP contribution is 2.55. The van der Waals surface area contributed by atoms with Gasteiger partial charge in [-0.2, -0.15) is 8.78 Å². The molecule has 0 aliphatic heterocycles. The van der Waals surface area contributed by atoms with E-state index in [4.69, 9.17) is 14.2 Å². The number of halogens is 3. The first-order valence-corrected chi connectivity index (χ1v) is 4.23. The molecule has 0 rings (SSSR count). The van der Waals surface area contributed by atoms with Crippen LogP contribution in [0.3, 0.4) is 0 Å². The van der Waals surface area contributed by atoms with E-state index in [1.807, 2.05) is 13.8 Å². The molecule has 0 saturated heterocycles. The number of rotatable bonds is 2. The summed E-state index contributed by atoms with van der Waals surface area (Å²) in [6.07, 6.45) is 0. The quantitative estimate of drug-likeness (QED) is 0.653. The zero-order valence-electron chi connectivity index (χ0n) is 6.29. The van der Waals surface area contributed by atoms with Crippen LogP contribution < -0.4 is 0 Å². The molecule has 0 unspecified atom stereocenters. The monoisotopic (exact) mass is 210 g/mol. The molecular formula is C4H9F3O4S. The number of hydrogen-bond acceptors (Lipinski definition) is 3.